The molecular formula is C21H26O5. The van der Waals surface area contributed by atoms with Gasteiger partial charge in [-0.2, -0.15) is 0 Å². The Hall–Kier alpha value is -2.14. The lowest BCUT2D eigenvalue weighted by Gasteiger charge is -2.29. The van der Waals surface area contributed by atoms with E-state index < -0.39 is 17.7 Å². The van der Waals surface area contributed by atoms with Crippen molar-refractivity contribution in [2.24, 2.45) is 5.92 Å². The fraction of sp³-hybridized carbons (Fsp3) is 0.524. The van der Waals surface area contributed by atoms with Crippen LogP contribution in [0.4, 0.5) is 0 Å². The Bertz CT molecular complexity index is 676. The highest BCUT2D eigenvalue weighted by Gasteiger charge is 2.38. The molecule has 1 aromatic carbocycles. The smallest absolute Gasteiger partial charge is 0.348 e. The zero-order chi connectivity index (χ0) is 18.6. The van der Waals surface area contributed by atoms with Crippen LogP contribution in [-0.2, 0) is 30.4 Å². The van der Waals surface area contributed by atoms with Crippen molar-refractivity contribution in [1.82, 2.24) is 0 Å². The molecule has 0 radical (unpaired) electrons. The Morgan fingerprint density at radius 3 is 2.50 bits per heavy atom. The fourth-order valence-corrected chi connectivity index (χ4v) is 3.42. The van der Waals surface area contributed by atoms with Crippen LogP contribution in [0.5, 0.6) is 0 Å². The molecule has 26 heavy (non-hydrogen) atoms. The summed E-state index contributed by atoms with van der Waals surface area (Å²) < 4.78 is 16.1. The van der Waals surface area contributed by atoms with E-state index in [2.05, 4.69) is 0 Å². The first kappa shape index (κ1) is 18.6. The average Bonchev–Trinajstić information content (AvgIpc) is 2.59. The second-order valence-corrected chi connectivity index (χ2v) is 7.50. The number of carbonyl (C=O) groups is 2. The van der Waals surface area contributed by atoms with E-state index in [9.17, 15) is 9.59 Å². The van der Waals surface area contributed by atoms with Crippen molar-refractivity contribution < 1.29 is 23.8 Å². The first-order valence-corrected chi connectivity index (χ1v) is 9.28. The topological polar surface area (TPSA) is 61.8 Å². The van der Waals surface area contributed by atoms with E-state index in [1.54, 1.807) is 0 Å². The zero-order valence-electron chi connectivity index (χ0n) is 15.5. The van der Waals surface area contributed by atoms with Crippen molar-refractivity contribution in [3.8, 4) is 0 Å². The van der Waals surface area contributed by atoms with Crippen LogP contribution in [-0.4, -0.2) is 24.3 Å². The lowest BCUT2D eigenvalue weighted by molar-refractivity contribution is -0.222. The molecule has 1 aliphatic heterocycles. The van der Waals surface area contributed by atoms with Gasteiger partial charge in [-0.3, -0.25) is 0 Å². The third kappa shape index (κ3) is 4.94. The number of carbonyl (C=O) groups excluding carboxylic acids is 2. The van der Waals surface area contributed by atoms with Crippen LogP contribution in [0.15, 0.2) is 29.8 Å². The van der Waals surface area contributed by atoms with Gasteiger partial charge in [-0.25, -0.2) is 9.59 Å². The summed E-state index contributed by atoms with van der Waals surface area (Å²) in [4.78, 5) is 24.1. The van der Waals surface area contributed by atoms with E-state index in [1.807, 2.05) is 24.3 Å². The van der Waals surface area contributed by atoms with E-state index >= 15 is 0 Å². The van der Waals surface area contributed by atoms with Crippen molar-refractivity contribution in [2.45, 2.75) is 58.3 Å². The SMILES string of the molecule is CC1(C)OC(=O)C(=Cc2cccc(COCC3CCCCC3)c2)C(=O)O1. The highest BCUT2D eigenvalue weighted by Crippen LogP contribution is 2.25. The number of benzene rings is 1. The van der Waals surface area contributed by atoms with Gasteiger partial charge in [0.1, 0.15) is 5.57 Å². The molecule has 1 aliphatic carbocycles. The second-order valence-electron chi connectivity index (χ2n) is 7.50. The van der Waals surface area contributed by atoms with E-state index in [-0.39, 0.29) is 5.57 Å². The Morgan fingerprint density at radius 1 is 1.12 bits per heavy atom. The van der Waals surface area contributed by atoms with Gasteiger partial charge < -0.3 is 14.2 Å². The monoisotopic (exact) mass is 358 g/mol. The number of rotatable bonds is 5. The van der Waals surface area contributed by atoms with E-state index in [4.69, 9.17) is 14.2 Å². The van der Waals surface area contributed by atoms with E-state index in [0.29, 0.717) is 12.5 Å². The van der Waals surface area contributed by atoms with Gasteiger partial charge >= 0.3 is 11.9 Å². The maximum Gasteiger partial charge on any atom is 0.348 e. The van der Waals surface area contributed by atoms with Gasteiger partial charge in [-0.15, -0.1) is 0 Å². The maximum absolute atomic E-state index is 12.0. The summed E-state index contributed by atoms with van der Waals surface area (Å²) in [5.41, 5.74) is 1.66. The summed E-state index contributed by atoms with van der Waals surface area (Å²) in [6, 6.07) is 7.60. The Balaban J connectivity index is 1.61. The van der Waals surface area contributed by atoms with Gasteiger partial charge in [-0.05, 0) is 42.0 Å². The minimum atomic E-state index is -1.22. The molecule has 0 amide bonds. The molecule has 5 nitrogen and oxygen atoms in total. The standard InChI is InChI=1S/C21H26O5/c1-21(2)25-19(22)18(20(23)26-21)12-16-9-6-10-17(11-16)14-24-13-15-7-4-3-5-8-15/h6,9-12,15H,3-5,7-8,13-14H2,1-2H3. The van der Waals surface area contributed by atoms with Crippen molar-refractivity contribution in [2.75, 3.05) is 6.61 Å². The summed E-state index contributed by atoms with van der Waals surface area (Å²) in [5, 5.41) is 0. The molecule has 2 aliphatic rings. The molecule has 140 valence electrons. The van der Waals surface area contributed by atoms with Crippen LogP contribution in [0.3, 0.4) is 0 Å². The lowest BCUT2D eigenvalue weighted by atomic mass is 9.90. The largest absolute Gasteiger partial charge is 0.419 e. The Morgan fingerprint density at radius 2 is 1.81 bits per heavy atom. The Labute approximate surface area is 154 Å². The second kappa shape index (κ2) is 8.04. The highest BCUT2D eigenvalue weighted by molar-refractivity contribution is 6.18. The summed E-state index contributed by atoms with van der Waals surface area (Å²) in [5.74, 6) is -1.88. The van der Waals surface area contributed by atoms with Crippen LogP contribution >= 0.6 is 0 Å². The van der Waals surface area contributed by atoms with Crippen LogP contribution < -0.4 is 0 Å². The molecule has 0 spiro atoms. The number of cyclic esters (lactones) is 2. The van der Waals surface area contributed by atoms with E-state index in [1.165, 1.54) is 52.0 Å². The first-order chi connectivity index (χ1) is 12.4. The molecule has 0 unspecified atom stereocenters. The summed E-state index contributed by atoms with van der Waals surface area (Å²) >= 11 is 0. The van der Waals surface area contributed by atoms with Gasteiger partial charge in [0, 0.05) is 20.5 Å². The molecule has 1 aromatic rings. The average molecular weight is 358 g/mol. The first-order valence-electron chi connectivity index (χ1n) is 9.28. The minimum absolute atomic E-state index is 0.0930. The third-order valence-electron chi connectivity index (χ3n) is 4.73. The van der Waals surface area contributed by atoms with E-state index in [0.717, 1.165) is 17.7 Å². The third-order valence-corrected chi connectivity index (χ3v) is 4.73. The van der Waals surface area contributed by atoms with Crippen molar-refractivity contribution in [3.05, 3.63) is 41.0 Å². The summed E-state index contributed by atoms with van der Waals surface area (Å²) in [7, 11) is 0. The molecule has 0 bridgehead atoms. The maximum atomic E-state index is 12.0. The molecular weight excluding hydrogens is 332 g/mol. The molecule has 3 rings (SSSR count). The van der Waals surface area contributed by atoms with Crippen molar-refractivity contribution >= 4 is 18.0 Å². The quantitative estimate of drug-likeness (QED) is 0.452. The van der Waals surface area contributed by atoms with Gasteiger partial charge in [-0.1, -0.05) is 37.5 Å². The molecule has 0 aromatic heterocycles. The van der Waals surface area contributed by atoms with Gasteiger partial charge in [0.15, 0.2) is 0 Å². The molecule has 1 heterocycles. The van der Waals surface area contributed by atoms with Gasteiger partial charge in [0.25, 0.3) is 5.79 Å². The fourth-order valence-electron chi connectivity index (χ4n) is 3.42. The van der Waals surface area contributed by atoms with Gasteiger partial charge in [0.05, 0.1) is 6.61 Å². The predicted octanol–water partition coefficient (Wildman–Crippen LogP) is 4.00. The molecule has 2 fully saturated rings. The molecule has 5 heteroatoms. The number of hydrogen-bond acceptors (Lipinski definition) is 5. The number of hydrogen-bond donors (Lipinski definition) is 0. The summed E-state index contributed by atoms with van der Waals surface area (Å²) in [6.07, 6.45) is 7.97. The number of ether oxygens (including phenoxy) is 3. The van der Waals surface area contributed by atoms with Crippen LogP contribution in [0, 0.1) is 5.92 Å². The zero-order valence-corrected chi connectivity index (χ0v) is 15.5. The summed E-state index contributed by atoms with van der Waals surface area (Å²) in [6.45, 7) is 4.38. The van der Waals surface area contributed by atoms with Crippen LogP contribution in [0.25, 0.3) is 6.08 Å². The van der Waals surface area contributed by atoms with Crippen LogP contribution in [0.2, 0.25) is 0 Å². The van der Waals surface area contributed by atoms with Crippen LogP contribution in [0.1, 0.15) is 57.1 Å². The van der Waals surface area contributed by atoms with Crippen molar-refractivity contribution in [3.63, 3.8) is 0 Å². The molecule has 1 saturated heterocycles. The Kier molecular flexibility index (Phi) is 5.77. The number of esters is 2. The highest BCUT2D eigenvalue weighted by atomic mass is 16.7. The predicted molar refractivity (Wildman–Crippen MR) is 96.9 cm³/mol. The van der Waals surface area contributed by atoms with Crippen molar-refractivity contribution in [1.29, 1.82) is 0 Å². The molecule has 0 atom stereocenters. The lowest BCUT2D eigenvalue weighted by Crippen LogP contribution is -2.41. The van der Waals surface area contributed by atoms with Gasteiger partial charge in [0.2, 0.25) is 0 Å². The molecule has 1 saturated carbocycles. The molecule has 0 N–H and O–H groups in total. The normalized spacial score (nSPS) is 20.5. The minimum Gasteiger partial charge on any atom is -0.419 e.